The monoisotopic (exact) mass is 426 g/mol. The van der Waals surface area contributed by atoms with E-state index in [1.807, 2.05) is 0 Å². The molecule has 1 aromatic carbocycles. The Hall–Kier alpha value is -1.94. The van der Waals surface area contributed by atoms with Gasteiger partial charge in [0.05, 0.1) is 29.8 Å². The van der Waals surface area contributed by atoms with Crippen molar-refractivity contribution in [3.05, 3.63) is 27.8 Å². The van der Waals surface area contributed by atoms with Crippen LogP contribution in [0.2, 0.25) is 10.0 Å². The van der Waals surface area contributed by atoms with Crippen molar-refractivity contribution in [3.63, 3.8) is 0 Å². The van der Waals surface area contributed by atoms with Crippen molar-refractivity contribution in [2.45, 2.75) is 44.9 Å². The number of hydrogen-bond donors (Lipinski definition) is 3. The molecule has 11 heteroatoms. The molecule has 0 spiro atoms. The van der Waals surface area contributed by atoms with E-state index in [2.05, 4.69) is 25.6 Å². The molecular weight excluding hydrogens is 407 g/mol. The predicted octanol–water partition coefficient (Wildman–Crippen LogP) is 2.33. The lowest BCUT2D eigenvalue weighted by molar-refractivity contribution is 0.0425. The number of aliphatic hydroxyl groups is 2. The number of aromatic amines is 1. The third-order valence-corrected chi connectivity index (χ3v) is 5.88. The first kappa shape index (κ1) is 19.4. The molecule has 0 amide bonds. The normalized spacial score (nSPS) is 20.0. The molecule has 2 atom stereocenters. The van der Waals surface area contributed by atoms with E-state index in [0.29, 0.717) is 40.1 Å². The SMILES string of the molecule is OCc1nc2c(OCC3CCCC[C@@H]3O)c(Cl)c(Cl)cc2n1Cc1nn[nH]n1. The highest BCUT2D eigenvalue weighted by molar-refractivity contribution is 6.44. The number of imidazole rings is 1. The van der Waals surface area contributed by atoms with Gasteiger partial charge in [0, 0.05) is 5.92 Å². The fraction of sp³-hybridized carbons (Fsp3) is 0.529. The molecule has 1 fully saturated rings. The van der Waals surface area contributed by atoms with Crippen molar-refractivity contribution in [1.82, 2.24) is 30.2 Å². The summed E-state index contributed by atoms with van der Waals surface area (Å²) in [5, 5.41) is 34.4. The van der Waals surface area contributed by atoms with Crippen molar-refractivity contribution >= 4 is 34.2 Å². The van der Waals surface area contributed by atoms with Crippen LogP contribution in [0, 0.1) is 5.92 Å². The maximum atomic E-state index is 10.2. The maximum Gasteiger partial charge on any atom is 0.194 e. The standard InChI is InChI=1S/C17H20Cl2N6O3/c18-10-5-11-16(20-14(7-26)25(11)6-13-21-23-24-22-13)17(15(10)19)28-8-9-3-1-2-4-12(9)27/h5,9,12,26-27H,1-4,6-8H2,(H,21,22,23,24)/t9?,12-/m0/s1. The molecule has 0 saturated heterocycles. The molecule has 1 saturated carbocycles. The van der Waals surface area contributed by atoms with Gasteiger partial charge in [0.25, 0.3) is 0 Å². The second kappa shape index (κ2) is 8.20. The number of benzene rings is 1. The Morgan fingerprint density at radius 3 is 2.82 bits per heavy atom. The Balaban J connectivity index is 1.71. The third kappa shape index (κ3) is 3.67. The quantitative estimate of drug-likeness (QED) is 0.552. The summed E-state index contributed by atoms with van der Waals surface area (Å²) < 4.78 is 7.75. The molecule has 1 unspecified atom stereocenters. The van der Waals surface area contributed by atoms with Gasteiger partial charge in [-0.1, -0.05) is 41.3 Å². The average molecular weight is 427 g/mol. The van der Waals surface area contributed by atoms with E-state index in [9.17, 15) is 10.2 Å². The summed E-state index contributed by atoms with van der Waals surface area (Å²) in [5.41, 5.74) is 1.13. The summed E-state index contributed by atoms with van der Waals surface area (Å²) in [5.74, 6) is 1.23. The number of nitrogens with one attached hydrogen (secondary N) is 1. The van der Waals surface area contributed by atoms with Crippen LogP contribution in [0.5, 0.6) is 5.75 Å². The van der Waals surface area contributed by atoms with Gasteiger partial charge in [-0.25, -0.2) is 4.98 Å². The molecular formula is C17H20Cl2N6O3. The topological polar surface area (TPSA) is 122 Å². The molecule has 3 N–H and O–H groups in total. The van der Waals surface area contributed by atoms with Gasteiger partial charge < -0.3 is 19.5 Å². The number of fused-ring (bicyclic) bond motifs is 1. The van der Waals surface area contributed by atoms with Crippen LogP contribution in [0.15, 0.2) is 6.07 Å². The average Bonchev–Trinajstić information content (AvgIpc) is 3.32. The van der Waals surface area contributed by atoms with Crippen molar-refractivity contribution in [2.75, 3.05) is 6.61 Å². The van der Waals surface area contributed by atoms with E-state index in [-0.39, 0.29) is 30.2 Å². The molecule has 2 aromatic heterocycles. The van der Waals surface area contributed by atoms with Gasteiger partial charge in [-0.2, -0.15) is 5.21 Å². The highest BCUT2D eigenvalue weighted by Gasteiger charge is 2.26. The summed E-state index contributed by atoms with van der Waals surface area (Å²) in [6, 6.07) is 1.67. The maximum absolute atomic E-state index is 10.2. The molecule has 9 nitrogen and oxygen atoms in total. The van der Waals surface area contributed by atoms with Gasteiger partial charge in [0.1, 0.15) is 23.0 Å². The van der Waals surface area contributed by atoms with Gasteiger partial charge >= 0.3 is 0 Å². The first-order chi connectivity index (χ1) is 13.6. The second-order valence-electron chi connectivity index (χ2n) is 6.89. The molecule has 1 aliphatic rings. The summed E-state index contributed by atoms with van der Waals surface area (Å²) >= 11 is 12.7. The van der Waals surface area contributed by atoms with Crippen molar-refractivity contribution in [1.29, 1.82) is 0 Å². The molecule has 1 aliphatic carbocycles. The largest absolute Gasteiger partial charge is 0.489 e. The number of rotatable bonds is 6. The molecule has 2 heterocycles. The van der Waals surface area contributed by atoms with E-state index in [4.69, 9.17) is 27.9 Å². The van der Waals surface area contributed by atoms with Crippen molar-refractivity contribution < 1.29 is 14.9 Å². The Bertz CT molecular complexity index is 962. The zero-order valence-electron chi connectivity index (χ0n) is 15.0. The lowest BCUT2D eigenvalue weighted by Crippen LogP contribution is -2.29. The van der Waals surface area contributed by atoms with Crippen LogP contribution in [0.4, 0.5) is 0 Å². The van der Waals surface area contributed by atoms with Gasteiger partial charge in [-0.05, 0) is 18.9 Å². The minimum atomic E-state index is -0.383. The number of H-pyrrole nitrogens is 1. The molecule has 28 heavy (non-hydrogen) atoms. The van der Waals surface area contributed by atoms with E-state index < -0.39 is 0 Å². The summed E-state index contributed by atoms with van der Waals surface area (Å²) in [4.78, 5) is 4.49. The first-order valence-electron chi connectivity index (χ1n) is 9.09. The van der Waals surface area contributed by atoms with Crippen LogP contribution in [0.3, 0.4) is 0 Å². The van der Waals surface area contributed by atoms with Crippen LogP contribution < -0.4 is 4.74 Å². The molecule has 0 radical (unpaired) electrons. The Kier molecular flexibility index (Phi) is 5.68. The van der Waals surface area contributed by atoms with Gasteiger partial charge in [0.15, 0.2) is 11.6 Å². The smallest absolute Gasteiger partial charge is 0.194 e. The van der Waals surface area contributed by atoms with Crippen LogP contribution in [0.25, 0.3) is 11.0 Å². The second-order valence-corrected chi connectivity index (χ2v) is 7.68. The molecule has 0 aliphatic heterocycles. The zero-order chi connectivity index (χ0) is 19.7. The molecule has 150 valence electrons. The number of ether oxygens (including phenoxy) is 1. The van der Waals surface area contributed by atoms with E-state index in [0.717, 1.165) is 25.7 Å². The summed E-state index contributed by atoms with van der Waals surface area (Å²) in [6.07, 6.45) is 3.39. The van der Waals surface area contributed by atoms with Crippen molar-refractivity contribution in [2.24, 2.45) is 5.92 Å². The van der Waals surface area contributed by atoms with E-state index in [1.54, 1.807) is 10.6 Å². The van der Waals surface area contributed by atoms with Crippen LogP contribution >= 0.6 is 23.2 Å². The zero-order valence-corrected chi connectivity index (χ0v) is 16.5. The first-order valence-corrected chi connectivity index (χ1v) is 9.85. The number of tetrazole rings is 1. The van der Waals surface area contributed by atoms with Crippen LogP contribution in [0.1, 0.15) is 37.3 Å². The Labute approximate surface area is 170 Å². The number of hydrogen-bond acceptors (Lipinski definition) is 7. The van der Waals surface area contributed by atoms with E-state index >= 15 is 0 Å². The number of nitrogens with zero attached hydrogens (tertiary/aromatic N) is 5. The summed E-state index contributed by atoms with van der Waals surface area (Å²) in [7, 11) is 0. The van der Waals surface area contributed by atoms with Crippen LogP contribution in [-0.2, 0) is 13.2 Å². The fourth-order valence-electron chi connectivity index (χ4n) is 3.62. The lowest BCUT2D eigenvalue weighted by Gasteiger charge is -2.27. The number of aromatic nitrogens is 6. The highest BCUT2D eigenvalue weighted by Crippen LogP contribution is 2.40. The van der Waals surface area contributed by atoms with Crippen LogP contribution in [-0.4, -0.2) is 53.1 Å². The van der Waals surface area contributed by atoms with E-state index in [1.165, 1.54) is 0 Å². The van der Waals surface area contributed by atoms with Gasteiger partial charge in [0.2, 0.25) is 0 Å². The minimum absolute atomic E-state index is 0.0394. The number of halogens is 2. The van der Waals surface area contributed by atoms with Gasteiger partial charge in [-0.3, -0.25) is 0 Å². The summed E-state index contributed by atoms with van der Waals surface area (Å²) in [6.45, 7) is 0.284. The van der Waals surface area contributed by atoms with Crippen molar-refractivity contribution in [3.8, 4) is 5.75 Å². The Morgan fingerprint density at radius 1 is 1.29 bits per heavy atom. The van der Waals surface area contributed by atoms with Gasteiger partial charge in [-0.15, -0.1) is 10.2 Å². The fourth-order valence-corrected chi connectivity index (χ4v) is 4.00. The predicted molar refractivity (Wildman–Crippen MR) is 102 cm³/mol. The highest BCUT2D eigenvalue weighted by atomic mass is 35.5. The number of aliphatic hydroxyl groups excluding tert-OH is 2. The minimum Gasteiger partial charge on any atom is -0.489 e. The Morgan fingerprint density at radius 2 is 2.11 bits per heavy atom. The lowest BCUT2D eigenvalue weighted by atomic mass is 9.87. The third-order valence-electron chi connectivity index (χ3n) is 5.11. The molecule has 0 bridgehead atoms. The molecule has 3 aromatic rings. The molecule has 4 rings (SSSR count).